The summed E-state index contributed by atoms with van der Waals surface area (Å²) in [6.07, 6.45) is 0. The molecule has 11 heteroatoms. The predicted octanol–water partition coefficient (Wildman–Crippen LogP) is 0.951. The molecule has 1 heterocycles. The van der Waals surface area contributed by atoms with E-state index in [-0.39, 0.29) is 10.6 Å². The Morgan fingerprint density at radius 2 is 1.92 bits per heavy atom. The van der Waals surface area contributed by atoms with Gasteiger partial charge >= 0.3 is 5.69 Å². The molecule has 9 nitrogen and oxygen atoms in total. The molecule has 0 amide bonds. The minimum atomic E-state index is -4.04. The highest BCUT2D eigenvalue weighted by Crippen LogP contribution is 2.30. The van der Waals surface area contributed by atoms with Gasteiger partial charge in [-0.25, -0.2) is 23.4 Å². The smallest absolute Gasteiger partial charge is 0.354 e. The van der Waals surface area contributed by atoms with E-state index in [1.807, 2.05) is 40.8 Å². The van der Waals surface area contributed by atoms with E-state index in [0.717, 1.165) is 4.68 Å². The van der Waals surface area contributed by atoms with E-state index < -0.39 is 15.7 Å². The number of nitrogens with one attached hydrogen (secondary N) is 2. The van der Waals surface area contributed by atoms with Crippen molar-refractivity contribution < 1.29 is 8.42 Å². The fraction of sp³-hybridized carbons (Fsp3) is 0. The van der Waals surface area contributed by atoms with E-state index in [1.165, 1.54) is 6.07 Å². The second kappa shape index (κ2) is 6.33. The summed E-state index contributed by atoms with van der Waals surface area (Å²) in [6.45, 7) is 0. The first-order chi connectivity index (χ1) is 11.4. The monoisotopic (exact) mass is 458 g/mol. The van der Waals surface area contributed by atoms with Gasteiger partial charge in [-0.1, -0.05) is 18.2 Å². The lowest BCUT2D eigenvalue weighted by Gasteiger charge is -2.13. The Labute approximate surface area is 150 Å². The van der Waals surface area contributed by atoms with Crippen molar-refractivity contribution in [2.75, 3.05) is 5.32 Å². The number of sulfonamides is 1. The fourth-order valence-electron chi connectivity index (χ4n) is 2.07. The van der Waals surface area contributed by atoms with Crippen molar-refractivity contribution in [2.45, 2.75) is 4.90 Å². The van der Waals surface area contributed by atoms with Crippen molar-refractivity contribution in [2.24, 2.45) is 5.14 Å². The third kappa shape index (κ3) is 3.32. The number of halogens is 1. The summed E-state index contributed by atoms with van der Waals surface area (Å²) in [5.41, 5.74) is 0.673. The van der Waals surface area contributed by atoms with E-state index in [2.05, 4.69) is 20.8 Å². The number of rotatable bonds is 4. The summed E-state index contributed by atoms with van der Waals surface area (Å²) in [5, 5.41) is 17.5. The molecule has 0 radical (unpaired) electrons. The standard InChI is InChI=1S/C13H11IN6O3S/c14-9-6-10(16-8-4-2-1-3-5-8)12(24(15,22)23)7-11(9)20-13(21)17-18-19-20/h1-7,16H,(H2,15,22,23)(H,17,19,21). The van der Waals surface area contributed by atoms with Gasteiger partial charge < -0.3 is 5.32 Å². The summed E-state index contributed by atoms with van der Waals surface area (Å²) >= 11 is 1.97. The molecular formula is C13H11IN6O3S. The Balaban J connectivity index is 2.18. The quantitative estimate of drug-likeness (QED) is 0.499. The van der Waals surface area contributed by atoms with E-state index in [1.54, 1.807) is 18.2 Å². The van der Waals surface area contributed by atoms with Gasteiger partial charge in [0.1, 0.15) is 4.90 Å². The highest BCUT2D eigenvalue weighted by Gasteiger charge is 2.19. The molecule has 3 aromatic rings. The third-order valence-electron chi connectivity index (χ3n) is 3.11. The van der Waals surface area contributed by atoms with Gasteiger partial charge in [0.15, 0.2) is 0 Å². The zero-order valence-electron chi connectivity index (χ0n) is 12.0. The van der Waals surface area contributed by atoms with E-state index >= 15 is 0 Å². The van der Waals surface area contributed by atoms with Crippen LogP contribution in [-0.4, -0.2) is 28.6 Å². The number of nitrogens with two attached hydrogens (primary N) is 1. The maximum Gasteiger partial charge on any atom is 0.365 e. The van der Waals surface area contributed by atoms with Gasteiger partial charge in [0, 0.05) is 9.26 Å². The van der Waals surface area contributed by atoms with Gasteiger partial charge in [-0.2, -0.15) is 4.68 Å². The van der Waals surface area contributed by atoms with Gasteiger partial charge in [0.25, 0.3) is 0 Å². The van der Waals surface area contributed by atoms with Crippen molar-refractivity contribution in [1.29, 1.82) is 0 Å². The second-order valence-corrected chi connectivity index (χ2v) is 7.45. The van der Waals surface area contributed by atoms with Crippen LogP contribution in [0.3, 0.4) is 0 Å². The SMILES string of the molecule is NS(=O)(=O)c1cc(-n2nn[nH]c2=O)c(I)cc1Nc1ccccc1. The minimum Gasteiger partial charge on any atom is -0.354 e. The zero-order chi connectivity index (χ0) is 17.3. The minimum absolute atomic E-state index is 0.156. The lowest BCUT2D eigenvalue weighted by atomic mass is 10.2. The molecule has 0 aliphatic carbocycles. The number of hydrogen-bond donors (Lipinski definition) is 3. The summed E-state index contributed by atoms with van der Waals surface area (Å²) < 4.78 is 25.5. The average molecular weight is 458 g/mol. The summed E-state index contributed by atoms with van der Waals surface area (Å²) in [6, 6.07) is 11.9. The molecule has 0 saturated carbocycles. The first kappa shape index (κ1) is 16.6. The molecule has 0 saturated heterocycles. The fourth-order valence-corrected chi connectivity index (χ4v) is 3.46. The first-order valence-electron chi connectivity index (χ1n) is 6.55. The molecular weight excluding hydrogens is 447 g/mol. The molecule has 0 spiro atoms. The molecule has 0 aliphatic rings. The highest BCUT2D eigenvalue weighted by molar-refractivity contribution is 14.1. The molecule has 0 atom stereocenters. The van der Waals surface area contributed by atoms with Gasteiger partial charge in [-0.15, -0.1) is 0 Å². The molecule has 0 bridgehead atoms. The Hall–Kier alpha value is -2.25. The number of H-pyrrole nitrogens is 1. The second-order valence-electron chi connectivity index (χ2n) is 4.75. The molecule has 0 fully saturated rings. The van der Waals surface area contributed by atoms with Crippen LogP contribution in [0.5, 0.6) is 0 Å². The van der Waals surface area contributed by atoms with Crippen LogP contribution in [0.4, 0.5) is 11.4 Å². The van der Waals surface area contributed by atoms with Gasteiger partial charge in [0.2, 0.25) is 10.0 Å². The number of nitrogens with zero attached hydrogens (tertiary/aromatic N) is 3. The number of para-hydroxylation sites is 1. The van der Waals surface area contributed by atoms with Crippen LogP contribution in [0.15, 0.2) is 52.2 Å². The number of aromatic nitrogens is 4. The number of anilines is 2. The molecule has 3 rings (SSSR count). The third-order valence-corrected chi connectivity index (χ3v) is 4.92. The average Bonchev–Trinajstić information content (AvgIpc) is 2.93. The largest absolute Gasteiger partial charge is 0.365 e. The Bertz CT molecular complexity index is 1050. The maximum atomic E-state index is 12.0. The van der Waals surface area contributed by atoms with Crippen molar-refractivity contribution in [3.8, 4) is 5.69 Å². The van der Waals surface area contributed by atoms with Gasteiger partial charge in [-0.05, 0) is 57.3 Å². The van der Waals surface area contributed by atoms with Crippen LogP contribution < -0.4 is 16.1 Å². The van der Waals surface area contributed by atoms with Crippen molar-refractivity contribution in [1.82, 2.24) is 20.2 Å². The maximum absolute atomic E-state index is 12.0. The van der Waals surface area contributed by atoms with Crippen LogP contribution in [0.2, 0.25) is 0 Å². The van der Waals surface area contributed by atoms with E-state index in [0.29, 0.717) is 14.9 Å². The normalized spacial score (nSPS) is 11.4. The van der Waals surface area contributed by atoms with Crippen LogP contribution in [0, 0.1) is 3.57 Å². The predicted molar refractivity (Wildman–Crippen MR) is 95.8 cm³/mol. The van der Waals surface area contributed by atoms with Gasteiger partial charge in [-0.3, -0.25) is 0 Å². The molecule has 1 aromatic heterocycles. The van der Waals surface area contributed by atoms with Crippen LogP contribution >= 0.6 is 22.6 Å². The zero-order valence-corrected chi connectivity index (χ0v) is 14.9. The van der Waals surface area contributed by atoms with Crippen LogP contribution in [0.1, 0.15) is 0 Å². The van der Waals surface area contributed by atoms with Crippen molar-refractivity contribution >= 4 is 44.0 Å². The Morgan fingerprint density at radius 1 is 1.21 bits per heavy atom. The number of tetrazole rings is 1. The van der Waals surface area contributed by atoms with Crippen LogP contribution in [-0.2, 0) is 10.0 Å². The Morgan fingerprint density at radius 3 is 2.50 bits per heavy atom. The van der Waals surface area contributed by atoms with Gasteiger partial charge in [0.05, 0.1) is 11.4 Å². The summed E-state index contributed by atoms with van der Waals surface area (Å²) in [5.74, 6) is 0. The Kier molecular flexibility index (Phi) is 4.38. The number of primary sulfonamides is 1. The molecule has 4 N–H and O–H groups in total. The molecule has 0 aliphatic heterocycles. The van der Waals surface area contributed by atoms with E-state index in [9.17, 15) is 13.2 Å². The lowest BCUT2D eigenvalue weighted by Crippen LogP contribution is -2.20. The number of benzene rings is 2. The lowest BCUT2D eigenvalue weighted by molar-refractivity contribution is 0.598. The molecule has 2 aromatic carbocycles. The van der Waals surface area contributed by atoms with Crippen molar-refractivity contribution in [3.63, 3.8) is 0 Å². The van der Waals surface area contributed by atoms with Crippen LogP contribution in [0.25, 0.3) is 5.69 Å². The molecule has 24 heavy (non-hydrogen) atoms. The van der Waals surface area contributed by atoms with E-state index in [4.69, 9.17) is 5.14 Å². The number of aromatic amines is 1. The summed E-state index contributed by atoms with van der Waals surface area (Å²) in [7, 11) is -4.04. The highest BCUT2D eigenvalue weighted by atomic mass is 127. The molecule has 0 unspecified atom stereocenters. The first-order valence-corrected chi connectivity index (χ1v) is 9.18. The van der Waals surface area contributed by atoms with Crippen molar-refractivity contribution in [3.05, 3.63) is 56.5 Å². The topological polar surface area (TPSA) is 136 Å². The number of hydrogen-bond acceptors (Lipinski definition) is 6. The summed E-state index contributed by atoms with van der Waals surface area (Å²) in [4.78, 5) is 11.5. The molecule has 124 valence electrons.